The van der Waals surface area contributed by atoms with Crippen molar-refractivity contribution in [2.24, 2.45) is 0 Å². The average Bonchev–Trinajstić information content (AvgIpc) is 3.62. The molecule has 5 rings (SSSR count). The van der Waals surface area contributed by atoms with Crippen molar-refractivity contribution in [3.63, 3.8) is 0 Å². The zero-order valence-corrected chi connectivity index (χ0v) is 22.4. The molecule has 0 radical (unpaired) electrons. The van der Waals surface area contributed by atoms with Crippen LogP contribution in [0.4, 0.5) is 13.2 Å². The van der Waals surface area contributed by atoms with Gasteiger partial charge in [0, 0.05) is 17.5 Å². The lowest BCUT2D eigenvalue weighted by atomic mass is 9.95. The number of aromatic nitrogens is 6. The zero-order chi connectivity index (χ0) is 29.0. The Labute approximate surface area is 234 Å². The molecule has 2 aromatic heterocycles. The second kappa shape index (κ2) is 11.7. The van der Waals surface area contributed by atoms with Crippen LogP contribution in [0.5, 0.6) is 0 Å². The quantitative estimate of drug-likeness (QED) is 0.208. The van der Waals surface area contributed by atoms with Crippen LogP contribution in [0.1, 0.15) is 53.1 Å². The largest absolute Gasteiger partial charge is 0.461 e. The van der Waals surface area contributed by atoms with Crippen LogP contribution in [-0.4, -0.2) is 43.0 Å². The third-order valence-corrected chi connectivity index (χ3v) is 6.62. The first kappa shape index (κ1) is 27.8. The van der Waals surface area contributed by atoms with E-state index >= 15 is 0 Å². The number of para-hydroxylation sites is 1. The maximum atomic E-state index is 13.9. The number of rotatable bonds is 9. The second-order valence-corrected chi connectivity index (χ2v) is 9.33. The Morgan fingerprint density at radius 3 is 2.32 bits per heavy atom. The van der Waals surface area contributed by atoms with Crippen LogP contribution in [0.25, 0.3) is 28.2 Å². The molecule has 5 aromatic rings. The summed E-state index contributed by atoms with van der Waals surface area (Å²) < 4.78 is 48.2. The Balaban J connectivity index is 1.58. The van der Waals surface area contributed by atoms with Crippen molar-refractivity contribution in [1.29, 1.82) is 0 Å². The van der Waals surface area contributed by atoms with E-state index in [1.807, 2.05) is 55.5 Å². The van der Waals surface area contributed by atoms with Crippen LogP contribution in [0.3, 0.4) is 0 Å². The van der Waals surface area contributed by atoms with Gasteiger partial charge in [-0.3, -0.25) is 0 Å². The summed E-state index contributed by atoms with van der Waals surface area (Å²) in [5.41, 5.74) is 3.50. The Morgan fingerprint density at radius 2 is 1.66 bits per heavy atom. The summed E-state index contributed by atoms with van der Waals surface area (Å²) in [6.45, 7) is 3.68. The summed E-state index contributed by atoms with van der Waals surface area (Å²) in [7, 11) is 0. The smallest absolute Gasteiger partial charge is 0.418 e. The Morgan fingerprint density at radius 1 is 0.951 bits per heavy atom. The van der Waals surface area contributed by atoms with E-state index in [1.165, 1.54) is 18.2 Å². The van der Waals surface area contributed by atoms with Crippen LogP contribution in [0, 0.1) is 0 Å². The van der Waals surface area contributed by atoms with E-state index < -0.39 is 17.7 Å². The summed E-state index contributed by atoms with van der Waals surface area (Å²) in [6.07, 6.45) is -3.17. The summed E-state index contributed by atoms with van der Waals surface area (Å²) in [6, 6.07) is 20.5. The van der Waals surface area contributed by atoms with Crippen molar-refractivity contribution >= 4 is 5.97 Å². The maximum absolute atomic E-state index is 13.9. The molecular weight excluding hydrogens is 533 g/mol. The van der Waals surface area contributed by atoms with E-state index in [9.17, 15) is 18.0 Å². The highest BCUT2D eigenvalue weighted by Gasteiger charge is 2.36. The molecule has 0 atom stereocenters. The molecule has 8 nitrogen and oxygen atoms in total. The van der Waals surface area contributed by atoms with Gasteiger partial charge in [0.2, 0.25) is 5.82 Å². The molecule has 0 bridgehead atoms. The fourth-order valence-corrected chi connectivity index (χ4v) is 4.81. The number of halogens is 3. The molecule has 0 aliphatic heterocycles. The molecule has 0 unspecified atom stereocenters. The number of carbonyl (C=O) groups excluding carboxylic acids is 1. The number of hydrogen-bond donors (Lipinski definition) is 1. The van der Waals surface area contributed by atoms with Crippen LogP contribution in [0.15, 0.2) is 72.8 Å². The minimum atomic E-state index is -4.63. The first-order valence-corrected chi connectivity index (χ1v) is 13.2. The highest BCUT2D eigenvalue weighted by atomic mass is 19.4. The third-order valence-electron chi connectivity index (χ3n) is 6.62. The second-order valence-electron chi connectivity index (χ2n) is 9.33. The molecule has 0 saturated heterocycles. The molecule has 0 aliphatic rings. The van der Waals surface area contributed by atoms with Crippen LogP contribution < -0.4 is 0 Å². The van der Waals surface area contributed by atoms with Crippen LogP contribution in [-0.2, 0) is 23.8 Å². The molecule has 0 fully saturated rings. The molecule has 3 aromatic carbocycles. The molecule has 0 saturated carbocycles. The van der Waals surface area contributed by atoms with Crippen LogP contribution in [0.2, 0.25) is 0 Å². The van der Waals surface area contributed by atoms with Crippen LogP contribution >= 0.6 is 0 Å². The molecule has 2 heterocycles. The minimum Gasteiger partial charge on any atom is -0.461 e. The fourth-order valence-electron chi connectivity index (χ4n) is 4.81. The van der Waals surface area contributed by atoms with Gasteiger partial charge in [0.15, 0.2) is 5.69 Å². The normalized spacial score (nSPS) is 11.5. The molecule has 1 N–H and O–H groups in total. The molecule has 0 spiro atoms. The van der Waals surface area contributed by atoms with Crippen molar-refractivity contribution < 1.29 is 22.7 Å². The lowest BCUT2D eigenvalue weighted by molar-refractivity contribution is -0.137. The number of aromatic amines is 1. The van der Waals surface area contributed by atoms with Crippen molar-refractivity contribution in [1.82, 2.24) is 30.4 Å². The number of benzene rings is 3. The van der Waals surface area contributed by atoms with Gasteiger partial charge < -0.3 is 4.74 Å². The molecule has 41 heavy (non-hydrogen) atoms. The monoisotopic (exact) mass is 560 g/mol. The number of nitrogens with zero attached hydrogens (tertiary/aromatic N) is 5. The standard InChI is InChI=1S/C30H27F3N6O2/c1-3-9-25-23(27(29(40)41-4-2)39(36-25)26-13-8-7-12-24(26)30(31,32)33)18-19-14-16-20(17-15-19)21-10-5-6-11-22(21)28-34-37-38-35-28/h5-8,10-17H,3-4,9,18H2,1-2H3,(H,34,35,37,38). The van der Waals surface area contributed by atoms with Gasteiger partial charge in [-0.1, -0.05) is 74.0 Å². The lowest BCUT2D eigenvalue weighted by Gasteiger charge is -2.15. The van der Waals surface area contributed by atoms with Gasteiger partial charge in [-0.15, -0.1) is 10.2 Å². The average molecular weight is 561 g/mol. The number of tetrazole rings is 1. The number of H-pyrrole nitrogens is 1. The Bertz CT molecular complexity index is 1640. The minimum absolute atomic E-state index is 0.00136. The lowest BCUT2D eigenvalue weighted by Crippen LogP contribution is -2.17. The first-order valence-electron chi connectivity index (χ1n) is 13.2. The van der Waals surface area contributed by atoms with Gasteiger partial charge in [0.05, 0.1) is 23.6 Å². The summed E-state index contributed by atoms with van der Waals surface area (Å²) >= 11 is 0. The van der Waals surface area contributed by atoms with Gasteiger partial charge in [0.25, 0.3) is 0 Å². The molecule has 210 valence electrons. The Kier molecular flexibility index (Phi) is 7.95. The predicted molar refractivity (Wildman–Crippen MR) is 146 cm³/mol. The fraction of sp³-hybridized carbons (Fsp3) is 0.233. The van der Waals surface area contributed by atoms with E-state index in [0.717, 1.165) is 33.0 Å². The van der Waals surface area contributed by atoms with Gasteiger partial charge >= 0.3 is 12.1 Å². The Hall–Kier alpha value is -4.80. The molecule has 0 amide bonds. The number of nitrogens with one attached hydrogen (secondary N) is 1. The van der Waals surface area contributed by atoms with Gasteiger partial charge in [0.1, 0.15) is 0 Å². The molecule has 0 aliphatic carbocycles. The van der Waals surface area contributed by atoms with Gasteiger partial charge in [-0.2, -0.15) is 23.5 Å². The van der Waals surface area contributed by atoms with Gasteiger partial charge in [-0.05, 0) is 47.4 Å². The van der Waals surface area contributed by atoms with E-state index in [0.29, 0.717) is 29.9 Å². The third kappa shape index (κ3) is 5.74. The van der Waals surface area contributed by atoms with E-state index in [1.54, 1.807) is 6.92 Å². The SMILES string of the molecule is CCCc1nn(-c2ccccc2C(F)(F)F)c(C(=O)OCC)c1Cc1ccc(-c2ccccc2-c2nn[nH]n2)cc1. The van der Waals surface area contributed by atoms with Crippen molar-refractivity contribution in [3.8, 4) is 28.2 Å². The van der Waals surface area contributed by atoms with E-state index in [2.05, 4.69) is 25.7 Å². The molecular formula is C30H27F3N6O2. The summed E-state index contributed by atoms with van der Waals surface area (Å²) in [4.78, 5) is 13.2. The topological polar surface area (TPSA) is 98.6 Å². The predicted octanol–water partition coefficient (Wildman–Crippen LogP) is 6.46. The van der Waals surface area contributed by atoms with Crippen molar-refractivity contribution in [2.75, 3.05) is 6.61 Å². The zero-order valence-electron chi connectivity index (χ0n) is 22.4. The summed E-state index contributed by atoms with van der Waals surface area (Å²) in [5, 5.41) is 18.8. The van der Waals surface area contributed by atoms with E-state index in [-0.39, 0.29) is 24.4 Å². The highest BCUT2D eigenvalue weighted by molar-refractivity contribution is 5.90. The number of ether oxygens (including phenoxy) is 1. The number of esters is 1. The number of hydrogen-bond acceptors (Lipinski definition) is 6. The van der Waals surface area contributed by atoms with E-state index in [4.69, 9.17) is 4.74 Å². The molecule has 11 heteroatoms. The highest BCUT2D eigenvalue weighted by Crippen LogP contribution is 2.36. The summed E-state index contributed by atoms with van der Waals surface area (Å²) in [5.74, 6) is -0.250. The first-order chi connectivity index (χ1) is 19.8. The number of alkyl halides is 3. The van der Waals surface area contributed by atoms with Gasteiger partial charge in [-0.25, -0.2) is 9.48 Å². The van der Waals surface area contributed by atoms with Crippen molar-refractivity contribution in [3.05, 3.63) is 101 Å². The maximum Gasteiger partial charge on any atom is 0.418 e. The van der Waals surface area contributed by atoms with Crippen molar-refractivity contribution in [2.45, 2.75) is 39.3 Å². The number of aryl methyl sites for hydroxylation is 1. The number of carbonyl (C=O) groups is 1.